The fraction of sp³-hybridized carbons (Fsp3) is 0.235. The molecule has 0 aliphatic rings. The molecule has 1 aromatic heterocycles. The van der Waals surface area contributed by atoms with Gasteiger partial charge in [0.25, 0.3) is 6.43 Å². The summed E-state index contributed by atoms with van der Waals surface area (Å²) in [5.74, 6) is 0.644. The van der Waals surface area contributed by atoms with Crippen LogP contribution in [0.4, 0.5) is 8.78 Å². The van der Waals surface area contributed by atoms with Crippen molar-refractivity contribution in [3.05, 3.63) is 63.4 Å². The van der Waals surface area contributed by atoms with Crippen LogP contribution in [0.2, 0.25) is 0 Å². The largest absolute Gasteiger partial charge is 0.490 e. The summed E-state index contributed by atoms with van der Waals surface area (Å²) in [6.07, 6.45) is -1.00. The van der Waals surface area contributed by atoms with Crippen molar-refractivity contribution >= 4 is 15.9 Å². The summed E-state index contributed by atoms with van der Waals surface area (Å²) in [6, 6.07) is 9.58. The molecule has 2 rings (SSSR count). The molecule has 0 N–H and O–H groups in total. The van der Waals surface area contributed by atoms with Gasteiger partial charge in [-0.05, 0) is 16.6 Å². The molecule has 1 aromatic carbocycles. The summed E-state index contributed by atoms with van der Waals surface area (Å²) >= 11 is 3.06. The van der Waals surface area contributed by atoms with Gasteiger partial charge in [0.05, 0.1) is 6.54 Å². The molecule has 0 spiro atoms. The number of pyridine rings is 1. The van der Waals surface area contributed by atoms with Crippen LogP contribution in [-0.2, 0) is 39.3 Å². The van der Waals surface area contributed by atoms with Gasteiger partial charge >= 0.3 is 0 Å². The van der Waals surface area contributed by atoms with Crippen LogP contribution in [0.5, 0.6) is 5.75 Å². The minimum absolute atomic E-state index is 0. The molecular weight excluding hydrogens is 457 g/mol. The molecule has 0 saturated carbocycles. The first-order chi connectivity index (χ1) is 10.9. The molecule has 2 aromatic rings. The molecule has 1 radical (unpaired) electrons. The summed E-state index contributed by atoms with van der Waals surface area (Å²) < 4.78 is 32.3. The smallest absolute Gasteiger partial charge is 0.256 e. The number of rotatable bonds is 6. The van der Waals surface area contributed by atoms with Gasteiger partial charge in [0.15, 0.2) is 0 Å². The van der Waals surface area contributed by atoms with Crippen molar-refractivity contribution in [2.45, 2.75) is 19.9 Å². The van der Waals surface area contributed by atoms with Crippen molar-refractivity contribution in [3.8, 4) is 17.0 Å². The molecule has 0 fully saturated rings. The van der Waals surface area contributed by atoms with Crippen LogP contribution in [0.15, 0.2) is 46.2 Å². The van der Waals surface area contributed by atoms with Crippen molar-refractivity contribution in [2.24, 2.45) is 0 Å². The molecular formula is C17H15BrF2NO2Y-. The first kappa shape index (κ1) is 21.2. The predicted octanol–water partition coefficient (Wildman–Crippen LogP) is 4.21. The molecule has 0 saturated heterocycles. The van der Waals surface area contributed by atoms with E-state index in [-0.39, 0.29) is 37.2 Å². The number of ether oxygens (including phenoxy) is 1. The third-order valence-corrected chi connectivity index (χ3v) is 3.76. The average Bonchev–Trinajstić information content (AvgIpc) is 2.50. The number of halogens is 3. The second-order valence-electron chi connectivity index (χ2n) is 4.87. The Hall–Kier alpha value is -0.846. The Labute approximate surface area is 172 Å². The quantitative estimate of drug-likeness (QED) is 0.466. The Morgan fingerprint density at radius 2 is 2.17 bits per heavy atom. The van der Waals surface area contributed by atoms with E-state index in [4.69, 9.17) is 4.74 Å². The van der Waals surface area contributed by atoms with Crippen LogP contribution in [0.1, 0.15) is 5.56 Å². The summed E-state index contributed by atoms with van der Waals surface area (Å²) in [7, 11) is 0. The third-order valence-electron chi connectivity index (χ3n) is 3.20. The van der Waals surface area contributed by atoms with E-state index in [0.29, 0.717) is 23.6 Å². The van der Waals surface area contributed by atoms with Crippen molar-refractivity contribution < 1.29 is 46.2 Å². The maximum absolute atomic E-state index is 12.8. The van der Waals surface area contributed by atoms with Gasteiger partial charge in [-0.1, -0.05) is 36.4 Å². The second kappa shape index (κ2) is 9.59. The number of alkyl halides is 2. The van der Waals surface area contributed by atoms with E-state index < -0.39 is 18.5 Å². The maximum Gasteiger partial charge on any atom is 0.256 e. The normalized spacial score (nSPS) is 10.4. The van der Waals surface area contributed by atoms with Gasteiger partial charge in [-0.3, -0.25) is 4.79 Å². The van der Waals surface area contributed by atoms with Crippen LogP contribution in [0.3, 0.4) is 0 Å². The molecule has 0 unspecified atom stereocenters. The molecule has 0 aliphatic carbocycles. The van der Waals surface area contributed by atoms with Crippen molar-refractivity contribution in [3.63, 3.8) is 0 Å². The zero-order valence-corrected chi connectivity index (χ0v) is 17.5. The van der Waals surface area contributed by atoms with Gasteiger partial charge in [-0.2, -0.15) is 12.1 Å². The van der Waals surface area contributed by atoms with E-state index >= 15 is 0 Å². The number of hydrogen-bond acceptors (Lipinski definition) is 2. The van der Waals surface area contributed by atoms with Gasteiger partial charge in [0.2, 0.25) is 5.56 Å². The van der Waals surface area contributed by atoms with Crippen LogP contribution in [0.25, 0.3) is 11.3 Å². The molecule has 0 aliphatic heterocycles. The molecule has 3 nitrogen and oxygen atoms in total. The maximum atomic E-state index is 12.8. The predicted molar refractivity (Wildman–Crippen MR) is 89.1 cm³/mol. The van der Waals surface area contributed by atoms with Gasteiger partial charge in [0.1, 0.15) is 12.4 Å². The Balaban J connectivity index is 0.00000288. The van der Waals surface area contributed by atoms with Crippen LogP contribution in [-0.4, -0.2) is 17.6 Å². The van der Waals surface area contributed by atoms with E-state index in [9.17, 15) is 13.6 Å². The van der Waals surface area contributed by atoms with E-state index in [1.54, 1.807) is 24.3 Å². The number of nitrogens with zero attached hydrogens (tertiary/aromatic N) is 1. The Bertz CT molecular complexity index is 778. The third kappa shape index (κ3) is 5.07. The van der Waals surface area contributed by atoms with Crippen LogP contribution < -0.4 is 10.3 Å². The second-order valence-corrected chi connectivity index (χ2v) is 5.72. The number of hydrogen-bond donors (Lipinski definition) is 0. The Morgan fingerprint density at radius 1 is 1.46 bits per heavy atom. The molecule has 0 atom stereocenters. The van der Waals surface area contributed by atoms with Gasteiger partial charge in [0, 0.05) is 32.7 Å². The summed E-state index contributed by atoms with van der Waals surface area (Å²) in [5, 5.41) is 0. The summed E-state index contributed by atoms with van der Waals surface area (Å²) in [5.41, 5.74) is 1.27. The fourth-order valence-electron chi connectivity index (χ4n) is 2.18. The first-order valence-corrected chi connectivity index (χ1v) is 7.67. The number of aromatic nitrogens is 1. The first-order valence-electron chi connectivity index (χ1n) is 6.88. The zero-order chi connectivity index (χ0) is 17.0. The van der Waals surface area contributed by atoms with Crippen LogP contribution in [0, 0.1) is 13.0 Å². The van der Waals surface area contributed by atoms with Crippen LogP contribution >= 0.6 is 15.9 Å². The van der Waals surface area contributed by atoms with E-state index in [1.165, 1.54) is 6.07 Å². The number of aryl methyl sites for hydroxylation is 1. The van der Waals surface area contributed by atoms with E-state index in [2.05, 4.69) is 28.6 Å². The molecule has 7 heteroatoms. The Morgan fingerprint density at radius 3 is 2.75 bits per heavy atom. The molecule has 125 valence electrons. The minimum Gasteiger partial charge on any atom is -0.490 e. The van der Waals surface area contributed by atoms with Gasteiger partial charge in [-0.15, -0.1) is 22.0 Å². The number of benzene rings is 1. The van der Waals surface area contributed by atoms with Crippen molar-refractivity contribution in [1.29, 1.82) is 0 Å². The summed E-state index contributed by atoms with van der Waals surface area (Å²) in [4.78, 5) is 12.1. The minimum atomic E-state index is -2.63. The standard InChI is InChI=1S/C17H15BrF2NO2.Y/c1-3-8-23-12-4-5-13(11(2)9-12)15-7-6-14(18)17(22)21(15)10-16(19)20;/h3-6,9,16H,1,8,10H2,2H3;/q-1;. The fourth-order valence-corrected chi connectivity index (χ4v) is 2.51. The van der Waals surface area contributed by atoms with Gasteiger partial charge < -0.3 is 9.30 Å². The van der Waals surface area contributed by atoms with Crippen molar-refractivity contribution in [1.82, 2.24) is 4.57 Å². The van der Waals surface area contributed by atoms with E-state index in [0.717, 1.165) is 10.1 Å². The Kier molecular flexibility index (Phi) is 8.47. The van der Waals surface area contributed by atoms with Crippen molar-refractivity contribution in [2.75, 3.05) is 6.61 Å². The zero-order valence-electron chi connectivity index (χ0n) is 13.1. The molecule has 24 heavy (non-hydrogen) atoms. The monoisotopic (exact) mass is 471 g/mol. The SMILES string of the molecule is C=CCOc1ccc(-c2[c-]cc(Br)c(=O)n2CC(F)F)c(C)c1.[Y]. The van der Waals surface area contributed by atoms with Gasteiger partial charge in [-0.25, -0.2) is 8.78 Å². The summed E-state index contributed by atoms with van der Waals surface area (Å²) in [6.45, 7) is 5.09. The molecule has 1 heterocycles. The topological polar surface area (TPSA) is 31.2 Å². The molecule has 0 amide bonds. The average molecular weight is 472 g/mol. The molecule has 0 bridgehead atoms. The van der Waals surface area contributed by atoms with E-state index in [1.807, 2.05) is 6.92 Å².